The van der Waals surface area contributed by atoms with E-state index in [0.29, 0.717) is 32.5 Å². The lowest BCUT2D eigenvalue weighted by atomic mass is 9.92. The highest BCUT2D eigenvalue weighted by molar-refractivity contribution is 5.85. The zero-order valence-electron chi connectivity index (χ0n) is 11.9. The second-order valence-corrected chi connectivity index (χ2v) is 5.62. The molecule has 2 atom stereocenters. The first-order valence-corrected chi connectivity index (χ1v) is 6.92. The maximum atomic E-state index is 12.4. The quantitative estimate of drug-likeness (QED) is 0.738. The Kier molecular flexibility index (Phi) is 4.15. The number of piperazine rings is 1. The minimum absolute atomic E-state index is 0.0577. The summed E-state index contributed by atoms with van der Waals surface area (Å²) in [7, 11) is 1.73. The Morgan fingerprint density at radius 1 is 1.25 bits per heavy atom. The molecular weight excluding hydrogens is 262 g/mol. The van der Waals surface area contributed by atoms with E-state index in [1.54, 1.807) is 21.7 Å². The van der Waals surface area contributed by atoms with Crippen LogP contribution in [0.15, 0.2) is 0 Å². The summed E-state index contributed by atoms with van der Waals surface area (Å²) in [5.74, 6) is -1.22. The molecule has 0 aromatic heterocycles. The van der Waals surface area contributed by atoms with Gasteiger partial charge in [0.2, 0.25) is 5.91 Å². The molecule has 7 nitrogen and oxygen atoms in total. The van der Waals surface area contributed by atoms with Gasteiger partial charge in [-0.2, -0.15) is 0 Å². The first kappa shape index (κ1) is 14.6. The summed E-state index contributed by atoms with van der Waals surface area (Å²) in [5, 5.41) is 9.03. The van der Waals surface area contributed by atoms with Crippen LogP contribution >= 0.6 is 0 Å². The number of likely N-dealkylation sites (N-methyl/N-ethyl adjacent to an activating group) is 1. The van der Waals surface area contributed by atoms with Gasteiger partial charge in [0.1, 0.15) is 6.54 Å². The molecule has 0 aromatic rings. The minimum atomic E-state index is -0.793. The van der Waals surface area contributed by atoms with Gasteiger partial charge in [-0.3, -0.25) is 9.59 Å². The van der Waals surface area contributed by atoms with Gasteiger partial charge in [-0.25, -0.2) is 4.79 Å². The third-order valence-electron chi connectivity index (χ3n) is 4.20. The van der Waals surface area contributed by atoms with Crippen molar-refractivity contribution in [2.45, 2.75) is 25.8 Å². The van der Waals surface area contributed by atoms with Crippen LogP contribution in [-0.2, 0) is 9.59 Å². The highest BCUT2D eigenvalue weighted by Crippen LogP contribution is 2.24. The number of carbonyl (C=O) groups excluding carboxylic acids is 2. The first-order chi connectivity index (χ1) is 9.40. The van der Waals surface area contributed by atoms with Crippen molar-refractivity contribution < 1.29 is 19.5 Å². The fourth-order valence-corrected chi connectivity index (χ4v) is 2.78. The summed E-state index contributed by atoms with van der Waals surface area (Å²) >= 11 is 0. The summed E-state index contributed by atoms with van der Waals surface area (Å²) in [6.45, 7) is 3.50. The van der Waals surface area contributed by atoms with Crippen molar-refractivity contribution in [3.63, 3.8) is 0 Å². The van der Waals surface area contributed by atoms with Gasteiger partial charge < -0.3 is 19.8 Å². The van der Waals surface area contributed by atoms with Crippen LogP contribution in [0.4, 0.5) is 4.79 Å². The van der Waals surface area contributed by atoms with Gasteiger partial charge in [0.25, 0.3) is 0 Å². The number of aliphatic carboxylic acids is 1. The maximum Gasteiger partial charge on any atom is 0.320 e. The fourth-order valence-electron chi connectivity index (χ4n) is 2.78. The minimum Gasteiger partial charge on any atom is -0.481 e. The number of nitrogens with zero attached hydrogens (tertiary/aromatic N) is 3. The van der Waals surface area contributed by atoms with Crippen molar-refractivity contribution in [1.82, 2.24) is 14.7 Å². The molecule has 20 heavy (non-hydrogen) atoms. The highest BCUT2D eigenvalue weighted by Gasteiger charge is 2.35. The summed E-state index contributed by atoms with van der Waals surface area (Å²) in [4.78, 5) is 39.9. The molecule has 0 aliphatic carbocycles. The summed E-state index contributed by atoms with van der Waals surface area (Å²) < 4.78 is 0. The molecule has 112 valence electrons. The number of carboxylic acids is 1. The number of urea groups is 1. The molecule has 0 saturated carbocycles. The molecule has 7 heteroatoms. The second kappa shape index (κ2) is 5.68. The highest BCUT2D eigenvalue weighted by atomic mass is 16.4. The number of piperidine rings is 1. The van der Waals surface area contributed by atoms with Gasteiger partial charge in [-0.1, -0.05) is 0 Å². The topological polar surface area (TPSA) is 81.2 Å². The van der Waals surface area contributed by atoms with Crippen LogP contribution < -0.4 is 0 Å². The fraction of sp³-hybridized carbons (Fsp3) is 0.769. The standard InChI is InChI=1S/C13H21N3O4/c1-9-7-10(12(18)19)3-4-16(9)13(20)15-6-5-14(2)11(17)8-15/h9-10H,3-8H2,1-2H3,(H,18,19). The van der Waals surface area contributed by atoms with E-state index in [2.05, 4.69) is 0 Å². The maximum absolute atomic E-state index is 12.4. The SMILES string of the molecule is CC1CC(C(=O)O)CCN1C(=O)N1CCN(C)C(=O)C1. The Bertz CT molecular complexity index is 426. The van der Waals surface area contributed by atoms with E-state index >= 15 is 0 Å². The van der Waals surface area contributed by atoms with Crippen molar-refractivity contribution in [3.8, 4) is 0 Å². The van der Waals surface area contributed by atoms with E-state index in [1.165, 1.54) is 0 Å². The monoisotopic (exact) mass is 283 g/mol. The largest absolute Gasteiger partial charge is 0.481 e. The Hall–Kier alpha value is -1.79. The van der Waals surface area contributed by atoms with E-state index in [9.17, 15) is 14.4 Å². The van der Waals surface area contributed by atoms with Crippen LogP contribution in [0, 0.1) is 5.92 Å². The molecular formula is C13H21N3O4. The second-order valence-electron chi connectivity index (χ2n) is 5.62. The molecule has 2 aliphatic heterocycles. The summed E-state index contributed by atoms with van der Waals surface area (Å²) in [6.07, 6.45) is 0.954. The van der Waals surface area contributed by atoms with E-state index < -0.39 is 5.97 Å². The predicted molar refractivity (Wildman–Crippen MR) is 71.1 cm³/mol. The number of carbonyl (C=O) groups is 3. The van der Waals surface area contributed by atoms with Crippen molar-refractivity contribution >= 4 is 17.9 Å². The van der Waals surface area contributed by atoms with Gasteiger partial charge in [0.15, 0.2) is 0 Å². The molecule has 2 unspecified atom stereocenters. The van der Waals surface area contributed by atoms with E-state index in [0.717, 1.165) is 0 Å². The molecule has 0 spiro atoms. The van der Waals surface area contributed by atoms with Crippen LogP contribution in [0.2, 0.25) is 0 Å². The summed E-state index contributed by atoms with van der Waals surface area (Å²) in [6, 6.07) is -0.255. The molecule has 1 N–H and O–H groups in total. The predicted octanol–water partition coefficient (Wildman–Crippen LogP) is 0.0655. The van der Waals surface area contributed by atoms with Gasteiger partial charge in [-0.05, 0) is 19.8 Å². The molecule has 2 aliphatic rings. The molecule has 2 saturated heterocycles. The normalized spacial score (nSPS) is 27.7. The molecule has 0 bridgehead atoms. The van der Waals surface area contributed by atoms with Gasteiger partial charge in [-0.15, -0.1) is 0 Å². The van der Waals surface area contributed by atoms with Crippen molar-refractivity contribution in [3.05, 3.63) is 0 Å². The number of amides is 3. The third-order valence-corrected chi connectivity index (χ3v) is 4.20. The molecule has 3 amide bonds. The lowest BCUT2D eigenvalue weighted by molar-refractivity contribution is -0.143. The molecule has 0 aromatic carbocycles. The lowest BCUT2D eigenvalue weighted by Gasteiger charge is -2.41. The van der Waals surface area contributed by atoms with Gasteiger partial charge in [0.05, 0.1) is 5.92 Å². The zero-order chi connectivity index (χ0) is 14.9. The number of hydrogen-bond acceptors (Lipinski definition) is 3. The van der Waals surface area contributed by atoms with Crippen molar-refractivity contribution in [1.29, 1.82) is 0 Å². The van der Waals surface area contributed by atoms with Gasteiger partial charge >= 0.3 is 12.0 Å². The van der Waals surface area contributed by atoms with Gasteiger partial charge in [0, 0.05) is 32.7 Å². The van der Waals surface area contributed by atoms with Crippen LogP contribution in [0.1, 0.15) is 19.8 Å². The number of likely N-dealkylation sites (tertiary alicyclic amines) is 1. The molecule has 2 heterocycles. The van der Waals surface area contributed by atoms with Crippen molar-refractivity contribution in [2.75, 3.05) is 33.2 Å². The third kappa shape index (κ3) is 2.86. The smallest absolute Gasteiger partial charge is 0.320 e. The van der Waals surface area contributed by atoms with Crippen LogP contribution in [0.5, 0.6) is 0 Å². The molecule has 0 radical (unpaired) electrons. The first-order valence-electron chi connectivity index (χ1n) is 6.92. The summed E-state index contributed by atoms with van der Waals surface area (Å²) in [5.41, 5.74) is 0. The van der Waals surface area contributed by atoms with Crippen LogP contribution in [-0.4, -0.2) is 77.0 Å². The zero-order valence-corrected chi connectivity index (χ0v) is 11.9. The average Bonchev–Trinajstić information content (AvgIpc) is 2.41. The Balaban J connectivity index is 1.96. The van der Waals surface area contributed by atoms with Crippen molar-refractivity contribution in [2.24, 2.45) is 5.92 Å². The Labute approximate surface area is 118 Å². The molecule has 2 rings (SSSR count). The number of rotatable bonds is 1. The van der Waals surface area contributed by atoms with E-state index in [4.69, 9.17) is 5.11 Å². The van der Waals surface area contributed by atoms with Crippen LogP contribution in [0.3, 0.4) is 0 Å². The number of carboxylic acid groups (broad SMARTS) is 1. The lowest BCUT2D eigenvalue weighted by Crippen LogP contribution is -2.57. The average molecular weight is 283 g/mol. The van der Waals surface area contributed by atoms with E-state index in [-0.39, 0.29) is 30.4 Å². The van der Waals surface area contributed by atoms with E-state index in [1.807, 2.05) is 6.92 Å². The number of hydrogen-bond donors (Lipinski definition) is 1. The molecule has 2 fully saturated rings. The van der Waals surface area contributed by atoms with Crippen LogP contribution in [0.25, 0.3) is 0 Å². The Morgan fingerprint density at radius 3 is 2.50 bits per heavy atom. The Morgan fingerprint density at radius 2 is 1.95 bits per heavy atom.